The SMILES string of the molecule is Cc1ccsc1CNCc1cn[nH]c1-c1ccccc1. The number of thiophene rings is 1. The fraction of sp³-hybridized carbons (Fsp3) is 0.188. The molecule has 3 aromatic rings. The predicted molar refractivity (Wildman–Crippen MR) is 83.6 cm³/mol. The molecule has 0 fully saturated rings. The van der Waals surface area contributed by atoms with Crippen LogP contribution < -0.4 is 5.32 Å². The molecule has 3 rings (SSSR count). The monoisotopic (exact) mass is 283 g/mol. The molecule has 0 aliphatic carbocycles. The summed E-state index contributed by atoms with van der Waals surface area (Å²) in [5.41, 5.74) is 4.83. The van der Waals surface area contributed by atoms with Crippen molar-refractivity contribution in [2.24, 2.45) is 0 Å². The number of H-pyrrole nitrogens is 1. The minimum absolute atomic E-state index is 0.818. The van der Waals surface area contributed by atoms with Gasteiger partial charge in [-0.05, 0) is 29.5 Å². The minimum Gasteiger partial charge on any atom is -0.308 e. The maximum absolute atomic E-state index is 4.17. The zero-order valence-electron chi connectivity index (χ0n) is 11.4. The van der Waals surface area contributed by atoms with Gasteiger partial charge in [0, 0.05) is 23.5 Å². The summed E-state index contributed by atoms with van der Waals surface area (Å²) in [6.07, 6.45) is 1.90. The molecule has 0 spiro atoms. The Kier molecular flexibility index (Phi) is 3.95. The molecule has 0 saturated heterocycles. The van der Waals surface area contributed by atoms with Crippen molar-refractivity contribution in [1.82, 2.24) is 15.5 Å². The van der Waals surface area contributed by atoms with Crippen molar-refractivity contribution in [3.8, 4) is 11.3 Å². The summed E-state index contributed by atoms with van der Waals surface area (Å²) in [7, 11) is 0. The molecule has 0 bridgehead atoms. The minimum atomic E-state index is 0.818. The van der Waals surface area contributed by atoms with Gasteiger partial charge in [0.15, 0.2) is 0 Å². The van der Waals surface area contributed by atoms with Crippen molar-refractivity contribution in [2.75, 3.05) is 0 Å². The van der Waals surface area contributed by atoms with Crippen LogP contribution in [0.5, 0.6) is 0 Å². The van der Waals surface area contributed by atoms with Crippen LogP contribution in [0.2, 0.25) is 0 Å². The normalized spacial score (nSPS) is 10.8. The molecule has 102 valence electrons. The lowest BCUT2D eigenvalue weighted by molar-refractivity contribution is 0.700. The maximum atomic E-state index is 4.17. The fourth-order valence-corrected chi connectivity index (χ4v) is 3.07. The van der Waals surface area contributed by atoms with E-state index in [2.05, 4.69) is 46.0 Å². The van der Waals surface area contributed by atoms with E-state index in [4.69, 9.17) is 0 Å². The summed E-state index contributed by atoms with van der Waals surface area (Å²) in [5, 5.41) is 12.9. The smallest absolute Gasteiger partial charge is 0.0695 e. The Hall–Kier alpha value is -1.91. The molecular weight excluding hydrogens is 266 g/mol. The molecule has 2 aromatic heterocycles. The Morgan fingerprint density at radius 3 is 2.75 bits per heavy atom. The number of aromatic nitrogens is 2. The van der Waals surface area contributed by atoms with Crippen molar-refractivity contribution in [1.29, 1.82) is 0 Å². The molecule has 0 unspecified atom stereocenters. The van der Waals surface area contributed by atoms with Crippen LogP contribution >= 0.6 is 11.3 Å². The van der Waals surface area contributed by atoms with Crippen LogP contribution in [0.3, 0.4) is 0 Å². The van der Waals surface area contributed by atoms with Gasteiger partial charge >= 0.3 is 0 Å². The molecule has 2 heterocycles. The van der Waals surface area contributed by atoms with Gasteiger partial charge in [-0.3, -0.25) is 5.10 Å². The molecule has 3 nitrogen and oxygen atoms in total. The standard InChI is InChI=1S/C16H17N3S/c1-12-7-8-20-15(12)11-17-9-14-10-18-19-16(14)13-5-3-2-4-6-13/h2-8,10,17H,9,11H2,1H3,(H,18,19). The Bertz CT molecular complexity index is 670. The van der Waals surface area contributed by atoms with Gasteiger partial charge in [0.1, 0.15) is 0 Å². The first-order valence-electron chi connectivity index (χ1n) is 6.66. The van der Waals surface area contributed by atoms with Crippen molar-refractivity contribution in [3.63, 3.8) is 0 Å². The largest absolute Gasteiger partial charge is 0.308 e. The van der Waals surface area contributed by atoms with E-state index >= 15 is 0 Å². The van der Waals surface area contributed by atoms with Crippen LogP contribution in [0.1, 0.15) is 16.0 Å². The Labute approximate surface area is 122 Å². The van der Waals surface area contributed by atoms with Crippen LogP contribution in [0.15, 0.2) is 48.0 Å². The van der Waals surface area contributed by atoms with E-state index in [1.165, 1.54) is 21.6 Å². The average Bonchev–Trinajstić information content (AvgIpc) is 3.10. The highest BCUT2D eigenvalue weighted by Gasteiger charge is 2.07. The van der Waals surface area contributed by atoms with E-state index in [1.807, 2.05) is 24.4 Å². The summed E-state index contributed by atoms with van der Waals surface area (Å²) in [5.74, 6) is 0. The van der Waals surface area contributed by atoms with E-state index in [0.717, 1.165) is 18.8 Å². The molecule has 2 N–H and O–H groups in total. The molecule has 0 saturated carbocycles. The molecule has 20 heavy (non-hydrogen) atoms. The second-order valence-electron chi connectivity index (χ2n) is 4.77. The first-order chi connectivity index (χ1) is 9.84. The van der Waals surface area contributed by atoms with Gasteiger partial charge in [0.25, 0.3) is 0 Å². The van der Waals surface area contributed by atoms with Crippen LogP contribution in [-0.2, 0) is 13.1 Å². The summed E-state index contributed by atoms with van der Waals surface area (Å²) in [4.78, 5) is 1.40. The van der Waals surface area contributed by atoms with Gasteiger partial charge in [0.05, 0.1) is 11.9 Å². The van der Waals surface area contributed by atoms with Gasteiger partial charge in [0.2, 0.25) is 0 Å². The third-order valence-electron chi connectivity index (χ3n) is 3.35. The van der Waals surface area contributed by atoms with E-state index in [0.29, 0.717) is 0 Å². The summed E-state index contributed by atoms with van der Waals surface area (Å²) in [6.45, 7) is 3.88. The summed E-state index contributed by atoms with van der Waals surface area (Å²) >= 11 is 1.80. The lowest BCUT2D eigenvalue weighted by atomic mass is 10.1. The molecule has 4 heteroatoms. The quantitative estimate of drug-likeness (QED) is 0.749. The van der Waals surface area contributed by atoms with Crippen LogP contribution in [0.4, 0.5) is 0 Å². The Balaban J connectivity index is 1.67. The van der Waals surface area contributed by atoms with E-state index in [1.54, 1.807) is 11.3 Å². The first-order valence-corrected chi connectivity index (χ1v) is 7.54. The highest BCUT2D eigenvalue weighted by Crippen LogP contribution is 2.21. The van der Waals surface area contributed by atoms with Crippen LogP contribution in [0, 0.1) is 6.92 Å². The first kappa shape index (κ1) is 13.1. The van der Waals surface area contributed by atoms with Crippen molar-refractivity contribution >= 4 is 11.3 Å². The van der Waals surface area contributed by atoms with Gasteiger partial charge in [-0.1, -0.05) is 30.3 Å². The highest BCUT2D eigenvalue weighted by atomic mass is 32.1. The molecule has 1 aromatic carbocycles. The molecule has 0 amide bonds. The Morgan fingerprint density at radius 2 is 2.00 bits per heavy atom. The second-order valence-corrected chi connectivity index (χ2v) is 5.77. The molecule has 0 aliphatic heterocycles. The lowest BCUT2D eigenvalue weighted by Gasteiger charge is -2.05. The van der Waals surface area contributed by atoms with Crippen LogP contribution in [0.25, 0.3) is 11.3 Å². The number of hydrogen-bond donors (Lipinski definition) is 2. The average molecular weight is 283 g/mol. The topological polar surface area (TPSA) is 40.7 Å². The summed E-state index contributed by atoms with van der Waals surface area (Å²) in [6, 6.07) is 12.5. The van der Waals surface area contributed by atoms with Gasteiger partial charge in [-0.15, -0.1) is 11.3 Å². The number of aryl methyl sites for hydroxylation is 1. The predicted octanol–water partition coefficient (Wildman–Crippen LogP) is 3.74. The molecule has 0 aliphatic rings. The van der Waals surface area contributed by atoms with E-state index in [9.17, 15) is 0 Å². The maximum Gasteiger partial charge on any atom is 0.0695 e. The third-order valence-corrected chi connectivity index (χ3v) is 4.37. The highest BCUT2D eigenvalue weighted by molar-refractivity contribution is 7.10. The van der Waals surface area contributed by atoms with E-state index in [-0.39, 0.29) is 0 Å². The van der Waals surface area contributed by atoms with Crippen molar-refractivity contribution in [2.45, 2.75) is 20.0 Å². The zero-order chi connectivity index (χ0) is 13.8. The Morgan fingerprint density at radius 1 is 1.15 bits per heavy atom. The number of aromatic amines is 1. The number of benzene rings is 1. The number of nitrogens with zero attached hydrogens (tertiary/aromatic N) is 1. The lowest BCUT2D eigenvalue weighted by Crippen LogP contribution is -2.12. The number of rotatable bonds is 5. The fourth-order valence-electron chi connectivity index (χ4n) is 2.20. The molecule has 0 radical (unpaired) electrons. The zero-order valence-corrected chi connectivity index (χ0v) is 12.2. The van der Waals surface area contributed by atoms with E-state index < -0.39 is 0 Å². The van der Waals surface area contributed by atoms with Gasteiger partial charge in [-0.2, -0.15) is 5.10 Å². The molecular formula is C16H17N3S. The van der Waals surface area contributed by atoms with Gasteiger partial charge < -0.3 is 5.32 Å². The van der Waals surface area contributed by atoms with Crippen molar-refractivity contribution < 1.29 is 0 Å². The number of nitrogens with one attached hydrogen (secondary N) is 2. The second kappa shape index (κ2) is 6.03. The van der Waals surface area contributed by atoms with Gasteiger partial charge in [-0.25, -0.2) is 0 Å². The summed E-state index contributed by atoms with van der Waals surface area (Å²) < 4.78 is 0. The van der Waals surface area contributed by atoms with Crippen LogP contribution in [-0.4, -0.2) is 10.2 Å². The third kappa shape index (κ3) is 2.81. The van der Waals surface area contributed by atoms with Crippen molar-refractivity contribution in [3.05, 3.63) is 64.0 Å². The molecule has 0 atom stereocenters. The number of hydrogen-bond acceptors (Lipinski definition) is 3.